The summed E-state index contributed by atoms with van der Waals surface area (Å²) >= 11 is 0. The fourth-order valence-electron chi connectivity index (χ4n) is 4.40. The lowest BCUT2D eigenvalue weighted by Gasteiger charge is -2.42. The molecule has 2 fully saturated rings. The molecule has 2 aliphatic heterocycles. The molecule has 0 bridgehead atoms. The van der Waals surface area contributed by atoms with Crippen molar-refractivity contribution in [2.24, 2.45) is 5.92 Å². The Kier molecular flexibility index (Phi) is 7.87. The molecule has 2 atom stereocenters. The molecule has 2 saturated heterocycles. The molecule has 4 amide bonds. The van der Waals surface area contributed by atoms with Gasteiger partial charge in [-0.3, -0.25) is 9.59 Å². The SMILES string of the molecule is CCCCNC(=O)N1C[C@H](C(=O)N2CCN(C(C)=O)CC2)CC[C@H]1c1ccc(F)cc1. The number of nitrogens with one attached hydrogen (secondary N) is 1. The number of hydrogen-bond donors (Lipinski definition) is 1. The van der Waals surface area contributed by atoms with Crippen molar-refractivity contribution in [2.75, 3.05) is 39.3 Å². The molecule has 0 unspecified atom stereocenters. The molecule has 8 heteroatoms. The van der Waals surface area contributed by atoms with Gasteiger partial charge in [0.25, 0.3) is 0 Å². The normalized spacial score (nSPS) is 21.7. The number of carbonyl (C=O) groups excluding carboxylic acids is 3. The molecule has 170 valence electrons. The fraction of sp³-hybridized carbons (Fsp3) is 0.609. The van der Waals surface area contributed by atoms with Gasteiger partial charge in [-0.2, -0.15) is 0 Å². The lowest BCUT2D eigenvalue weighted by Crippen LogP contribution is -2.55. The Bertz CT molecular complexity index is 778. The quantitative estimate of drug-likeness (QED) is 0.728. The van der Waals surface area contributed by atoms with Gasteiger partial charge in [0, 0.05) is 46.2 Å². The number of halogens is 1. The molecule has 2 heterocycles. The predicted molar refractivity (Wildman–Crippen MR) is 116 cm³/mol. The minimum Gasteiger partial charge on any atom is -0.339 e. The van der Waals surface area contributed by atoms with Crippen LogP contribution in [0, 0.1) is 11.7 Å². The van der Waals surface area contributed by atoms with Gasteiger partial charge in [-0.1, -0.05) is 25.5 Å². The highest BCUT2D eigenvalue weighted by Gasteiger charge is 2.37. The number of unbranched alkanes of at least 4 members (excludes halogenated alkanes) is 1. The number of amides is 4. The van der Waals surface area contributed by atoms with Crippen molar-refractivity contribution in [2.45, 2.75) is 45.6 Å². The average molecular weight is 433 g/mol. The summed E-state index contributed by atoms with van der Waals surface area (Å²) in [6, 6.07) is 5.90. The van der Waals surface area contributed by atoms with E-state index in [2.05, 4.69) is 12.2 Å². The smallest absolute Gasteiger partial charge is 0.317 e. The van der Waals surface area contributed by atoms with Gasteiger partial charge in [-0.05, 0) is 37.0 Å². The van der Waals surface area contributed by atoms with Crippen LogP contribution in [0.4, 0.5) is 9.18 Å². The van der Waals surface area contributed by atoms with Gasteiger partial charge in [0.1, 0.15) is 5.82 Å². The number of piperazine rings is 1. The monoisotopic (exact) mass is 432 g/mol. The van der Waals surface area contributed by atoms with E-state index in [-0.39, 0.29) is 35.6 Å². The predicted octanol–water partition coefficient (Wildman–Crippen LogP) is 2.78. The highest BCUT2D eigenvalue weighted by atomic mass is 19.1. The van der Waals surface area contributed by atoms with Crippen LogP contribution in [0.15, 0.2) is 24.3 Å². The Hall–Kier alpha value is -2.64. The Morgan fingerprint density at radius 3 is 2.29 bits per heavy atom. The highest BCUT2D eigenvalue weighted by Crippen LogP contribution is 2.34. The molecule has 1 aromatic carbocycles. The van der Waals surface area contributed by atoms with E-state index in [0.29, 0.717) is 52.1 Å². The first-order valence-corrected chi connectivity index (χ1v) is 11.2. The maximum Gasteiger partial charge on any atom is 0.317 e. The molecule has 0 saturated carbocycles. The number of urea groups is 1. The molecule has 0 radical (unpaired) electrons. The number of carbonyl (C=O) groups is 3. The zero-order chi connectivity index (χ0) is 22.4. The molecule has 1 aromatic rings. The van der Waals surface area contributed by atoms with Crippen molar-refractivity contribution in [3.05, 3.63) is 35.6 Å². The maximum atomic E-state index is 13.4. The molecule has 0 aliphatic carbocycles. The van der Waals surface area contributed by atoms with Crippen LogP contribution in [0.3, 0.4) is 0 Å². The molecule has 1 N–H and O–H groups in total. The lowest BCUT2D eigenvalue weighted by molar-refractivity contribution is -0.142. The van der Waals surface area contributed by atoms with Gasteiger partial charge in [0.05, 0.1) is 12.0 Å². The van der Waals surface area contributed by atoms with E-state index in [9.17, 15) is 18.8 Å². The van der Waals surface area contributed by atoms with E-state index in [1.54, 1.807) is 28.9 Å². The van der Waals surface area contributed by atoms with Crippen LogP contribution in [-0.2, 0) is 9.59 Å². The summed E-state index contributed by atoms with van der Waals surface area (Å²) in [4.78, 5) is 43.0. The molecule has 0 aromatic heterocycles. The molecule has 2 aliphatic rings. The first kappa shape index (κ1) is 23.0. The van der Waals surface area contributed by atoms with Gasteiger partial charge < -0.3 is 20.0 Å². The number of rotatable bonds is 5. The van der Waals surface area contributed by atoms with Crippen LogP contribution >= 0.6 is 0 Å². The summed E-state index contributed by atoms with van der Waals surface area (Å²) in [7, 11) is 0. The zero-order valence-electron chi connectivity index (χ0n) is 18.5. The summed E-state index contributed by atoms with van der Waals surface area (Å²) in [6.07, 6.45) is 3.20. The van der Waals surface area contributed by atoms with Gasteiger partial charge in [0.15, 0.2) is 0 Å². The Morgan fingerprint density at radius 1 is 1.03 bits per heavy atom. The topological polar surface area (TPSA) is 73.0 Å². The molecular formula is C23H33FN4O3. The van der Waals surface area contributed by atoms with Crippen molar-refractivity contribution in [1.29, 1.82) is 0 Å². The molecule has 0 spiro atoms. The first-order chi connectivity index (χ1) is 14.9. The second-order valence-corrected chi connectivity index (χ2v) is 8.41. The second kappa shape index (κ2) is 10.6. The Balaban J connectivity index is 1.69. The number of hydrogen-bond acceptors (Lipinski definition) is 3. The average Bonchev–Trinajstić information content (AvgIpc) is 2.79. The molecule has 3 rings (SSSR count). The van der Waals surface area contributed by atoms with E-state index in [0.717, 1.165) is 18.4 Å². The van der Waals surface area contributed by atoms with Crippen LogP contribution < -0.4 is 5.32 Å². The third-order valence-electron chi connectivity index (χ3n) is 6.29. The van der Waals surface area contributed by atoms with Gasteiger partial charge in [0.2, 0.25) is 11.8 Å². The summed E-state index contributed by atoms with van der Waals surface area (Å²) in [6.45, 7) is 6.69. The lowest BCUT2D eigenvalue weighted by atomic mass is 9.88. The van der Waals surface area contributed by atoms with Crippen molar-refractivity contribution in [3.8, 4) is 0 Å². The largest absolute Gasteiger partial charge is 0.339 e. The molecule has 7 nitrogen and oxygen atoms in total. The van der Waals surface area contributed by atoms with E-state index >= 15 is 0 Å². The minimum absolute atomic E-state index is 0.0295. The number of benzene rings is 1. The van der Waals surface area contributed by atoms with E-state index in [1.165, 1.54) is 12.1 Å². The summed E-state index contributed by atoms with van der Waals surface area (Å²) in [5.74, 6) is -0.497. The fourth-order valence-corrected chi connectivity index (χ4v) is 4.40. The maximum absolute atomic E-state index is 13.4. The van der Waals surface area contributed by atoms with Gasteiger partial charge in [-0.15, -0.1) is 0 Å². The van der Waals surface area contributed by atoms with E-state index in [4.69, 9.17) is 0 Å². The second-order valence-electron chi connectivity index (χ2n) is 8.41. The number of nitrogens with zero attached hydrogens (tertiary/aromatic N) is 3. The van der Waals surface area contributed by atoms with Crippen LogP contribution in [0.25, 0.3) is 0 Å². The van der Waals surface area contributed by atoms with Gasteiger partial charge in [-0.25, -0.2) is 9.18 Å². The van der Waals surface area contributed by atoms with Crippen molar-refractivity contribution in [3.63, 3.8) is 0 Å². The molecular weight excluding hydrogens is 399 g/mol. The first-order valence-electron chi connectivity index (χ1n) is 11.2. The standard InChI is InChI=1S/C23H33FN4O3/c1-3-4-11-25-23(31)28-16-19(7-10-21(28)18-5-8-20(24)9-6-18)22(30)27-14-12-26(13-15-27)17(2)29/h5-6,8-9,19,21H,3-4,7,10-16H2,1-2H3,(H,25,31)/t19-,21+/m1/s1. The Labute approximate surface area is 183 Å². The summed E-state index contributed by atoms with van der Waals surface area (Å²) in [5.41, 5.74) is 0.882. The van der Waals surface area contributed by atoms with Gasteiger partial charge >= 0.3 is 6.03 Å². The third kappa shape index (κ3) is 5.74. The molecule has 31 heavy (non-hydrogen) atoms. The number of likely N-dealkylation sites (tertiary alicyclic amines) is 1. The number of piperidine rings is 1. The zero-order valence-corrected chi connectivity index (χ0v) is 18.5. The van der Waals surface area contributed by atoms with Crippen LogP contribution in [0.1, 0.15) is 51.1 Å². The Morgan fingerprint density at radius 2 is 1.68 bits per heavy atom. The van der Waals surface area contributed by atoms with Crippen LogP contribution in [0.5, 0.6) is 0 Å². The van der Waals surface area contributed by atoms with Crippen molar-refractivity contribution < 1.29 is 18.8 Å². The minimum atomic E-state index is -0.309. The van der Waals surface area contributed by atoms with Crippen molar-refractivity contribution in [1.82, 2.24) is 20.0 Å². The summed E-state index contributed by atoms with van der Waals surface area (Å²) in [5, 5.41) is 2.97. The summed E-state index contributed by atoms with van der Waals surface area (Å²) < 4.78 is 13.4. The van der Waals surface area contributed by atoms with E-state index < -0.39 is 0 Å². The third-order valence-corrected chi connectivity index (χ3v) is 6.29. The highest BCUT2D eigenvalue weighted by molar-refractivity contribution is 5.82. The van der Waals surface area contributed by atoms with Crippen molar-refractivity contribution >= 4 is 17.8 Å². The van der Waals surface area contributed by atoms with Crippen LogP contribution in [-0.4, -0.2) is 71.8 Å². The van der Waals surface area contributed by atoms with Crippen LogP contribution in [0.2, 0.25) is 0 Å². The van der Waals surface area contributed by atoms with E-state index in [1.807, 2.05) is 4.90 Å².